The third-order valence-electron chi connectivity index (χ3n) is 5.83. The molecule has 29 heavy (non-hydrogen) atoms. The average molecular weight is 419 g/mol. The van der Waals surface area contributed by atoms with E-state index in [1.54, 1.807) is 0 Å². The van der Waals surface area contributed by atoms with E-state index in [0.29, 0.717) is 37.4 Å². The zero-order valence-electron chi connectivity index (χ0n) is 17.1. The van der Waals surface area contributed by atoms with E-state index in [1.165, 1.54) is 11.2 Å². The number of carbonyl (C=O) groups is 1. The lowest BCUT2D eigenvalue weighted by molar-refractivity contribution is -0.00959. The number of nitrogens with zero attached hydrogens (tertiary/aromatic N) is 2. The molecule has 1 spiro atoms. The summed E-state index contributed by atoms with van der Waals surface area (Å²) in [5.74, 6) is 0.615. The molecule has 2 aromatic rings. The standard InChI is InChI=1S/C21H26N2O5S/c1-20(2,3)14-13-17-21(9-11-22(12-10-21)19(24)25)28-16-8-6-5-7-15(16)23(17)18(14)29(4,26)27/h5-8,13H,9-12H2,1-4H3,(H,24,25). The number of para-hydroxylation sites is 2. The lowest BCUT2D eigenvalue weighted by Crippen LogP contribution is -2.49. The summed E-state index contributed by atoms with van der Waals surface area (Å²) in [6.07, 6.45) is 1.22. The van der Waals surface area contributed by atoms with Gasteiger partial charge in [-0.15, -0.1) is 0 Å². The zero-order chi connectivity index (χ0) is 21.2. The van der Waals surface area contributed by atoms with Gasteiger partial charge in [0.25, 0.3) is 0 Å². The maximum atomic E-state index is 12.9. The van der Waals surface area contributed by atoms with Crippen molar-refractivity contribution in [2.24, 2.45) is 0 Å². The number of piperidine rings is 1. The number of carboxylic acid groups (broad SMARTS) is 1. The van der Waals surface area contributed by atoms with E-state index in [2.05, 4.69) is 0 Å². The van der Waals surface area contributed by atoms with Crippen LogP contribution >= 0.6 is 0 Å². The molecule has 1 saturated heterocycles. The van der Waals surface area contributed by atoms with Crippen molar-refractivity contribution in [2.45, 2.75) is 49.7 Å². The molecule has 0 unspecified atom stereocenters. The molecule has 3 heterocycles. The van der Waals surface area contributed by atoms with Crippen LogP contribution in [0.25, 0.3) is 5.69 Å². The minimum Gasteiger partial charge on any atom is -0.479 e. The summed E-state index contributed by atoms with van der Waals surface area (Å²) in [5.41, 5.74) is 1.08. The molecule has 2 aliphatic heterocycles. The average Bonchev–Trinajstić information content (AvgIpc) is 3.05. The number of likely N-dealkylation sites (tertiary alicyclic amines) is 1. The SMILES string of the molecule is CC(C)(C)c1cc2n(c1S(C)(=O)=O)-c1ccccc1OC21CCN(C(=O)O)CC1. The maximum absolute atomic E-state index is 12.9. The number of hydrogen-bond donors (Lipinski definition) is 1. The van der Waals surface area contributed by atoms with Gasteiger partial charge in [-0.25, -0.2) is 13.2 Å². The van der Waals surface area contributed by atoms with E-state index in [1.807, 2.05) is 55.7 Å². The summed E-state index contributed by atoms with van der Waals surface area (Å²) in [5, 5.41) is 9.63. The van der Waals surface area contributed by atoms with Crippen molar-refractivity contribution >= 4 is 15.9 Å². The van der Waals surface area contributed by atoms with Gasteiger partial charge in [0, 0.05) is 32.2 Å². The molecular weight excluding hydrogens is 392 g/mol. The monoisotopic (exact) mass is 418 g/mol. The predicted octanol–water partition coefficient (Wildman–Crippen LogP) is 3.54. The number of benzene rings is 1. The molecule has 1 N–H and O–H groups in total. The minimum atomic E-state index is -3.53. The number of ether oxygens (including phenoxy) is 1. The molecule has 2 aliphatic rings. The second-order valence-corrected chi connectivity index (χ2v) is 10.9. The highest BCUT2D eigenvalue weighted by molar-refractivity contribution is 7.90. The Morgan fingerprint density at radius 3 is 2.34 bits per heavy atom. The summed E-state index contributed by atoms with van der Waals surface area (Å²) in [7, 11) is -3.53. The molecule has 8 heteroatoms. The molecule has 1 aromatic heterocycles. The van der Waals surface area contributed by atoms with Crippen molar-refractivity contribution in [3.63, 3.8) is 0 Å². The van der Waals surface area contributed by atoms with E-state index in [9.17, 15) is 18.3 Å². The van der Waals surface area contributed by atoms with Gasteiger partial charge in [-0.3, -0.25) is 4.57 Å². The van der Waals surface area contributed by atoms with E-state index in [0.717, 1.165) is 11.3 Å². The number of rotatable bonds is 1. The lowest BCUT2D eigenvalue weighted by Gasteiger charge is -2.44. The Hall–Kier alpha value is -2.48. The molecule has 4 rings (SSSR count). The van der Waals surface area contributed by atoms with Crippen molar-refractivity contribution in [1.82, 2.24) is 9.47 Å². The van der Waals surface area contributed by atoms with E-state index in [-0.39, 0.29) is 10.4 Å². The maximum Gasteiger partial charge on any atom is 0.407 e. The fraction of sp³-hybridized carbons (Fsp3) is 0.476. The number of hydrogen-bond acceptors (Lipinski definition) is 4. The smallest absolute Gasteiger partial charge is 0.407 e. The Bertz CT molecular complexity index is 1090. The van der Waals surface area contributed by atoms with Gasteiger partial charge < -0.3 is 14.7 Å². The molecular formula is C21H26N2O5S. The molecule has 156 valence electrons. The largest absolute Gasteiger partial charge is 0.479 e. The summed E-state index contributed by atoms with van der Waals surface area (Å²) < 4.78 is 34.1. The van der Waals surface area contributed by atoms with Crippen LogP contribution in [0.1, 0.15) is 44.9 Å². The second-order valence-electron chi connectivity index (χ2n) is 8.94. The van der Waals surface area contributed by atoms with Gasteiger partial charge in [-0.05, 0) is 29.2 Å². The third kappa shape index (κ3) is 3.10. The van der Waals surface area contributed by atoms with Crippen molar-refractivity contribution in [1.29, 1.82) is 0 Å². The van der Waals surface area contributed by atoms with Gasteiger partial charge >= 0.3 is 6.09 Å². The highest BCUT2D eigenvalue weighted by atomic mass is 32.2. The van der Waals surface area contributed by atoms with Crippen molar-refractivity contribution in [3.05, 3.63) is 41.6 Å². The predicted molar refractivity (Wildman–Crippen MR) is 109 cm³/mol. The van der Waals surface area contributed by atoms with Crippen molar-refractivity contribution in [3.8, 4) is 11.4 Å². The molecule has 1 aromatic carbocycles. The summed E-state index contributed by atoms with van der Waals surface area (Å²) in [6, 6.07) is 9.37. The van der Waals surface area contributed by atoms with Crippen LogP contribution in [0.5, 0.6) is 5.75 Å². The Kier molecular flexibility index (Phi) is 4.28. The van der Waals surface area contributed by atoms with E-state index < -0.39 is 21.5 Å². The van der Waals surface area contributed by atoms with Gasteiger partial charge in [-0.2, -0.15) is 0 Å². The molecule has 0 aliphatic carbocycles. The topological polar surface area (TPSA) is 88.8 Å². The van der Waals surface area contributed by atoms with Crippen molar-refractivity contribution in [2.75, 3.05) is 19.3 Å². The van der Waals surface area contributed by atoms with Crippen LogP contribution in [0, 0.1) is 0 Å². The highest BCUT2D eigenvalue weighted by Gasteiger charge is 2.47. The number of amides is 1. The summed E-state index contributed by atoms with van der Waals surface area (Å²) in [4.78, 5) is 12.8. The Morgan fingerprint density at radius 2 is 1.79 bits per heavy atom. The van der Waals surface area contributed by atoms with Crippen LogP contribution in [0.2, 0.25) is 0 Å². The molecule has 0 bridgehead atoms. The molecule has 0 saturated carbocycles. The van der Waals surface area contributed by atoms with Crippen LogP contribution < -0.4 is 4.74 Å². The van der Waals surface area contributed by atoms with Gasteiger partial charge in [0.15, 0.2) is 15.4 Å². The normalized spacial score (nSPS) is 18.1. The molecule has 1 amide bonds. The highest BCUT2D eigenvalue weighted by Crippen LogP contribution is 2.49. The first-order chi connectivity index (χ1) is 13.4. The minimum absolute atomic E-state index is 0.288. The van der Waals surface area contributed by atoms with Crippen LogP contribution in [0.3, 0.4) is 0 Å². The first-order valence-electron chi connectivity index (χ1n) is 9.67. The van der Waals surface area contributed by atoms with Crippen molar-refractivity contribution < 1.29 is 23.1 Å². The molecule has 0 atom stereocenters. The van der Waals surface area contributed by atoms with Gasteiger partial charge in [0.05, 0.1) is 11.4 Å². The Morgan fingerprint density at radius 1 is 1.17 bits per heavy atom. The number of fused-ring (bicyclic) bond motifs is 4. The first-order valence-corrected chi connectivity index (χ1v) is 11.6. The van der Waals surface area contributed by atoms with Crippen LogP contribution in [0.4, 0.5) is 4.79 Å². The van der Waals surface area contributed by atoms with Crippen LogP contribution in [-0.2, 0) is 20.9 Å². The first kappa shape index (κ1) is 19.8. The van der Waals surface area contributed by atoms with Gasteiger partial charge in [0.1, 0.15) is 10.8 Å². The molecule has 0 radical (unpaired) electrons. The molecule has 7 nitrogen and oxygen atoms in total. The van der Waals surface area contributed by atoms with Crippen LogP contribution in [-0.4, -0.2) is 48.4 Å². The Labute approximate surface area is 170 Å². The van der Waals surface area contributed by atoms with E-state index >= 15 is 0 Å². The van der Waals surface area contributed by atoms with Crippen LogP contribution in [0.15, 0.2) is 35.4 Å². The molecule has 1 fully saturated rings. The summed E-state index contributed by atoms with van der Waals surface area (Å²) in [6.45, 7) is 6.66. The lowest BCUT2D eigenvalue weighted by atomic mass is 9.84. The van der Waals surface area contributed by atoms with E-state index in [4.69, 9.17) is 4.74 Å². The van der Waals surface area contributed by atoms with Gasteiger partial charge in [-0.1, -0.05) is 32.9 Å². The van der Waals surface area contributed by atoms with Gasteiger partial charge in [0.2, 0.25) is 0 Å². The number of sulfone groups is 1. The summed E-state index contributed by atoms with van der Waals surface area (Å²) >= 11 is 0. The zero-order valence-corrected chi connectivity index (χ0v) is 17.9. The fourth-order valence-electron chi connectivity index (χ4n) is 4.38. The number of aromatic nitrogens is 1. The fourth-order valence-corrected chi connectivity index (χ4v) is 5.67. The Balaban J connectivity index is 2.00. The third-order valence-corrected chi connectivity index (χ3v) is 6.94. The quantitative estimate of drug-likeness (QED) is 0.765. The second kappa shape index (κ2) is 6.26.